The first-order valence-electron chi connectivity index (χ1n) is 6.95. The van der Waals surface area contributed by atoms with E-state index in [1.807, 2.05) is 0 Å². The summed E-state index contributed by atoms with van der Waals surface area (Å²) in [5.41, 5.74) is 3.20. The van der Waals surface area contributed by atoms with Gasteiger partial charge in [-0.2, -0.15) is 5.10 Å². The van der Waals surface area contributed by atoms with Crippen molar-refractivity contribution in [3.8, 4) is 11.5 Å². The molecule has 0 fully saturated rings. The van der Waals surface area contributed by atoms with Gasteiger partial charge in [0.2, 0.25) is 0 Å². The largest absolute Gasteiger partial charge is 0.493 e. The fourth-order valence-electron chi connectivity index (χ4n) is 1.98. The zero-order chi connectivity index (χ0) is 18.4. The lowest BCUT2D eigenvalue weighted by Gasteiger charge is -2.10. The summed E-state index contributed by atoms with van der Waals surface area (Å²) in [5.74, 6) is 0.584. The lowest BCUT2D eigenvalue weighted by Crippen LogP contribution is -2.17. The molecule has 1 amide bonds. The van der Waals surface area contributed by atoms with Crippen LogP contribution in [-0.4, -0.2) is 31.3 Å². The Labute approximate surface area is 151 Å². The smallest absolute Gasteiger partial charge is 0.271 e. The third kappa shape index (κ3) is 4.54. The van der Waals surface area contributed by atoms with Crippen molar-refractivity contribution in [2.75, 3.05) is 14.2 Å². The highest BCUT2D eigenvalue weighted by molar-refractivity contribution is 9.10. The number of hydrogen-bond acceptors (Lipinski definition) is 6. The Hall–Kier alpha value is -2.94. The van der Waals surface area contributed by atoms with Crippen molar-refractivity contribution in [2.24, 2.45) is 5.10 Å². The number of nitro groups is 1. The van der Waals surface area contributed by atoms with E-state index in [9.17, 15) is 14.9 Å². The molecule has 0 aliphatic heterocycles. The topological polar surface area (TPSA) is 103 Å². The minimum Gasteiger partial charge on any atom is -0.493 e. The molecule has 9 heteroatoms. The van der Waals surface area contributed by atoms with Crippen LogP contribution in [0.3, 0.4) is 0 Å². The Balaban J connectivity index is 2.08. The molecule has 0 saturated carbocycles. The Morgan fingerprint density at radius 3 is 2.48 bits per heavy atom. The number of ether oxygens (including phenoxy) is 2. The maximum atomic E-state index is 12.0. The first kappa shape index (κ1) is 18.4. The normalized spacial score (nSPS) is 10.5. The van der Waals surface area contributed by atoms with Crippen LogP contribution < -0.4 is 14.9 Å². The van der Waals surface area contributed by atoms with Crippen LogP contribution in [0.5, 0.6) is 11.5 Å². The second-order valence-corrected chi connectivity index (χ2v) is 5.60. The highest BCUT2D eigenvalue weighted by Crippen LogP contribution is 2.35. The van der Waals surface area contributed by atoms with E-state index in [0.29, 0.717) is 21.5 Å². The molecule has 1 N–H and O–H groups in total. The number of halogens is 1. The molecule has 130 valence electrons. The molecule has 2 aromatic rings. The van der Waals surface area contributed by atoms with Gasteiger partial charge in [0.05, 0.1) is 29.8 Å². The Bertz CT molecular complexity index is 821. The number of carbonyl (C=O) groups excluding carboxylic acids is 1. The van der Waals surface area contributed by atoms with Crippen molar-refractivity contribution in [3.05, 3.63) is 62.1 Å². The second kappa shape index (κ2) is 8.25. The van der Waals surface area contributed by atoms with Gasteiger partial charge in [-0.05, 0) is 45.8 Å². The van der Waals surface area contributed by atoms with E-state index >= 15 is 0 Å². The van der Waals surface area contributed by atoms with Crippen LogP contribution in [0, 0.1) is 10.1 Å². The molecule has 0 aromatic heterocycles. The molecule has 2 aromatic carbocycles. The Morgan fingerprint density at radius 2 is 1.92 bits per heavy atom. The first-order chi connectivity index (χ1) is 12.0. The van der Waals surface area contributed by atoms with Crippen molar-refractivity contribution >= 4 is 33.7 Å². The molecular weight excluding hydrogens is 394 g/mol. The summed E-state index contributed by atoms with van der Waals surface area (Å²) < 4.78 is 11.1. The molecule has 0 aliphatic carbocycles. The number of nitrogens with one attached hydrogen (secondary N) is 1. The summed E-state index contributed by atoms with van der Waals surface area (Å²) in [7, 11) is 3.04. The predicted molar refractivity (Wildman–Crippen MR) is 95.4 cm³/mol. The Kier molecular flexibility index (Phi) is 6.07. The highest BCUT2D eigenvalue weighted by atomic mass is 79.9. The number of hydrazone groups is 1. The molecule has 0 spiro atoms. The number of hydrogen-bond donors (Lipinski definition) is 1. The first-order valence-corrected chi connectivity index (χ1v) is 7.75. The lowest BCUT2D eigenvalue weighted by atomic mass is 10.2. The van der Waals surface area contributed by atoms with Gasteiger partial charge in [-0.25, -0.2) is 5.43 Å². The number of amides is 1. The van der Waals surface area contributed by atoms with Crippen molar-refractivity contribution in [3.63, 3.8) is 0 Å². The fraction of sp³-hybridized carbons (Fsp3) is 0.125. The summed E-state index contributed by atoms with van der Waals surface area (Å²) in [4.78, 5) is 22.0. The standard InChI is InChI=1S/C16H14BrN3O5/c1-24-14-8-10(7-13(17)15(14)25-2)9-18-19-16(21)11-3-5-12(6-4-11)20(22)23/h3-9H,1-2H3,(H,19,21)/b18-9+. The third-order valence-corrected chi connectivity index (χ3v) is 3.76. The Morgan fingerprint density at radius 1 is 1.24 bits per heavy atom. The fourth-order valence-corrected chi connectivity index (χ4v) is 2.60. The second-order valence-electron chi connectivity index (χ2n) is 4.74. The third-order valence-electron chi connectivity index (χ3n) is 3.18. The van der Waals surface area contributed by atoms with Gasteiger partial charge in [0.15, 0.2) is 11.5 Å². The summed E-state index contributed by atoms with van der Waals surface area (Å²) in [6.45, 7) is 0. The van der Waals surface area contributed by atoms with E-state index in [1.165, 1.54) is 44.7 Å². The number of nitrogens with zero attached hydrogens (tertiary/aromatic N) is 2. The number of methoxy groups -OCH3 is 2. The van der Waals surface area contributed by atoms with Crippen LogP contribution in [0.15, 0.2) is 46.0 Å². The molecule has 0 heterocycles. The van der Waals surface area contributed by atoms with Crippen LogP contribution in [0.4, 0.5) is 5.69 Å². The lowest BCUT2D eigenvalue weighted by molar-refractivity contribution is -0.384. The number of benzene rings is 2. The van der Waals surface area contributed by atoms with Crippen LogP contribution >= 0.6 is 15.9 Å². The van der Waals surface area contributed by atoms with E-state index in [-0.39, 0.29) is 11.3 Å². The number of non-ortho nitro benzene ring substituents is 1. The van der Waals surface area contributed by atoms with E-state index < -0.39 is 10.8 Å². The molecule has 0 atom stereocenters. The monoisotopic (exact) mass is 407 g/mol. The van der Waals surface area contributed by atoms with E-state index in [4.69, 9.17) is 9.47 Å². The summed E-state index contributed by atoms with van der Waals surface area (Å²) >= 11 is 3.37. The number of carbonyl (C=O) groups is 1. The van der Waals surface area contributed by atoms with Crippen LogP contribution in [0.1, 0.15) is 15.9 Å². The van der Waals surface area contributed by atoms with Gasteiger partial charge in [0.25, 0.3) is 11.6 Å². The number of nitro benzene ring substituents is 1. The molecule has 0 radical (unpaired) electrons. The molecule has 0 bridgehead atoms. The highest BCUT2D eigenvalue weighted by Gasteiger charge is 2.10. The van der Waals surface area contributed by atoms with Crippen LogP contribution in [-0.2, 0) is 0 Å². The molecule has 0 aliphatic rings. The molecule has 0 unspecified atom stereocenters. The van der Waals surface area contributed by atoms with Crippen molar-refractivity contribution < 1.29 is 19.2 Å². The van der Waals surface area contributed by atoms with Gasteiger partial charge in [0.1, 0.15) is 0 Å². The minimum absolute atomic E-state index is 0.0878. The van der Waals surface area contributed by atoms with Crippen molar-refractivity contribution in [1.82, 2.24) is 5.43 Å². The zero-order valence-electron chi connectivity index (χ0n) is 13.4. The van der Waals surface area contributed by atoms with Gasteiger partial charge in [0, 0.05) is 17.7 Å². The predicted octanol–water partition coefficient (Wildman–Crippen LogP) is 3.14. The van der Waals surface area contributed by atoms with E-state index in [2.05, 4.69) is 26.5 Å². The van der Waals surface area contributed by atoms with E-state index in [0.717, 1.165) is 0 Å². The molecular formula is C16H14BrN3O5. The van der Waals surface area contributed by atoms with E-state index in [1.54, 1.807) is 12.1 Å². The summed E-state index contributed by atoms with van der Waals surface area (Å²) in [6.07, 6.45) is 1.44. The average Bonchev–Trinajstić information content (AvgIpc) is 2.61. The van der Waals surface area contributed by atoms with Gasteiger partial charge in [-0.1, -0.05) is 0 Å². The number of rotatable bonds is 6. The maximum absolute atomic E-state index is 12.0. The summed E-state index contributed by atoms with van der Waals surface area (Å²) in [5, 5.41) is 14.5. The zero-order valence-corrected chi connectivity index (χ0v) is 14.9. The maximum Gasteiger partial charge on any atom is 0.271 e. The van der Waals surface area contributed by atoms with Gasteiger partial charge >= 0.3 is 0 Å². The van der Waals surface area contributed by atoms with Gasteiger partial charge < -0.3 is 9.47 Å². The van der Waals surface area contributed by atoms with Gasteiger partial charge in [-0.3, -0.25) is 14.9 Å². The van der Waals surface area contributed by atoms with Crippen LogP contribution in [0.25, 0.3) is 0 Å². The molecule has 8 nitrogen and oxygen atoms in total. The SMILES string of the molecule is COc1cc(/C=N/NC(=O)c2ccc([N+](=O)[O-])cc2)cc(Br)c1OC. The minimum atomic E-state index is -0.533. The van der Waals surface area contributed by atoms with Crippen molar-refractivity contribution in [2.45, 2.75) is 0 Å². The average molecular weight is 408 g/mol. The van der Waals surface area contributed by atoms with Gasteiger partial charge in [-0.15, -0.1) is 0 Å². The molecule has 25 heavy (non-hydrogen) atoms. The molecule has 2 rings (SSSR count). The van der Waals surface area contributed by atoms with Crippen LogP contribution in [0.2, 0.25) is 0 Å². The van der Waals surface area contributed by atoms with Crippen molar-refractivity contribution in [1.29, 1.82) is 0 Å². The quantitative estimate of drug-likeness (QED) is 0.450. The molecule has 0 saturated heterocycles. The summed E-state index contributed by atoms with van der Waals surface area (Å²) in [6, 6.07) is 8.67.